The highest BCUT2D eigenvalue weighted by molar-refractivity contribution is 5.95. The summed E-state index contributed by atoms with van der Waals surface area (Å²) in [6, 6.07) is 13.0. The molecule has 1 unspecified atom stereocenters. The summed E-state index contributed by atoms with van der Waals surface area (Å²) in [5.41, 5.74) is 8.31. The van der Waals surface area contributed by atoms with Crippen LogP contribution >= 0.6 is 0 Å². The Balaban J connectivity index is 1.90. The van der Waals surface area contributed by atoms with E-state index in [0.717, 1.165) is 28.1 Å². The number of imidazole rings is 1. The maximum atomic E-state index is 13.6. The zero-order chi connectivity index (χ0) is 28.9. The predicted octanol–water partition coefficient (Wildman–Crippen LogP) is 2.53. The van der Waals surface area contributed by atoms with Gasteiger partial charge in [0, 0.05) is 51.9 Å². The van der Waals surface area contributed by atoms with E-state index in [1.807, 2.05) is 48.9 Å². The number of carboxylic acid groups (broad SMARTS) is 1. The van der Waals surface area contributed by atoms with Gasteiger partial charge in [0.05, 0.1) is 29.4 Å². The molecule has 2 aromatic carbocycles. The van der Waals surface area contributed by atoms with Gasteiger partial charge in [0.1, 0.15) is 11.7 Å². The van der Waals surface area contributed by atoms with Crippen molar-refractivity contribution < 1.29 is 19.5 Å². The topological polar surface area (TPSA) is 158 Å². The Morgan fingerprint density at radius 3 is 2.36 bits per heavy atom. The molecule has 0 bridgehead atoms. The number of hydrogen-bond acceptors (Lipinski definition) is 6. The molecule has 39 heavy (non-hydrogen) atoms. The first-order valence-corrected chi connectivity index (χ1v) is 12.7. The van der Waals surface area contributed by atoms with Crippen LogP contribution in [0.4, 0.5) is 5.69 Å². The van der Waals surface area contributed by atoms with Gasteiger partial charge in [0.25, 0.3) is 0 Å². The molecule has 1 aromatic heterocycles. The Hall–Kier alpha value is -4.41. The highest BCUT2D eigenvalue weighted by atomic mass is 16.4. The number of nitrogens with zero attached hydrogens (tertiary/aromatic N) is 4. The Morgan fingerprint density at radius 1 is 1.10 bits per heavy atom. The zero-order valence-electron chi connectivity index (χ0n) is 23.1. The molecule has 0 aliphatic rings. The number of nitrogens with one attached hydrogen (secondary N) is 2. The first-order chi connectivity index (χ1) is 18.4. The number of hydrogen-bond donors (Lipinski definition) is 4. The molecule has 208 valence electrons. The van der Waals surface area contributed by atoms with E-state index in [2.05, 4.69) is 5.32 Å². The summed E-state index contributed by atoms with van der Waals surface area (Å²) in [5, 5.41) is 19.8. The molecular formula is C28H37N7O4. The van der Waals surface area contributed by atoms with E-state index in [1.54, 1.807) is 38.1 Å². The van der Waals surface area contributed by atoms with E-state index in [0.29, 0.717) is 18.7 Å². The molecule has 0 aliphatic heterocycles. The first-order valence-electron chi connectivity index (χ1n) is 12.7. The SMILES string of the molecule is CCN(C)C(=O)C(C)(CN(C)C(=O)CCC(=O)O)c1ccc2c(c1)nc(CNc1ccc(C(=N)N)cc1)n2C. The van der Waals surface area contributed by atoms with Crippen LogP contribution < -0.4 is 11.1 Å². The van der Waals surface area contributed by atoms with Gasteiger partial charge in [0.15, 0.2) is 0 Å². The van der Waals surface area contributed by atoms with Crippen molar-refractivity contribution in [2.75, 3.05) is 32.5 Å². The third-order valence-corrected chi connectivity index (χ3v) is 7.08. The first kappa shape index (κ1) is 29.2. The Bertz CT molecular complexity index is 1380. The van der Waals surface area contributed by atoms with Crippen LogP contribution in [0.2, 0.25) is 0 Å². The van der Waals surface area contributed by atoms with Crippen LogP contribution in [0.1, 0.15) is 43.6 Å². The number of nitrogens with two attached hydrogens (primary N) is 1. The zero-order valence-corrected chi connectivity index (χ0v) is 23.1. The van der Waals surface area contributed by atoms with Gasteiger partial charge < -0.3 is 30.5 Å². The van der Waals surface area contributed by atoms with E-state index in [9.17, 15) is 14.4 Å². The molecule has 0 saturated carbocycles. The van der Waals surface area contributed by atoms with Gasteiger partial charge in [-0.1, -0.05) is 6.07 Å². The summed E-state index contributed by atoms with van der Waals surface area (Å²) in [4.78, 5) is 45.0. The lowest BCUT2D eigenvalue weighted by molar-refractivity contribution is -0.142. The third-order valence-electron chi connectivity index (χ3n) is 7.08. The second kappa shape index (κ2) is 12.0. The highest BCUT2D eigenvalue weighted by Gasteiger charge is 2.39. The average molecular weight is 536 g/mol. The number of carboxylic acids is 1. The summed E-state index contributed by atoms with van der Waals surface area (Å²) in [6.07, 6.45) is -0.396. The smallest absolute Gasteiger partial charge is 0.303 e. The van der Waals surface area contributed by atoms with Crippen LogP contribution in [-0.4, -0.2) is 75.3 Å². The van der Waals surface area contributed by atoms with Crippen LogP contribution in [0.25, 0.3) is 11.0 Å². The Kier molecular flexibility index (Phi) is 8.95. The summed E-state index contributed by atoms with van der Waals surface area (Å²) in [5.74, 6) is -0.717. The number of aryl methyl sites for hydroxylation is 1. The number of likely N-dealkylation sites (N-methyl/N-ethyl adjacent to an activating group) is 2. The lowest BCUT2D eigenvalue weighted by Gasteiger charge is -2.36. The van der Waals surface area contributed by atoms with Crippen LogP contribution in [-0.2, 0) is 33.4 Å². The van der Waals surface area contributed by atoms with Gasteiger partial charge in [-0.05, 0) is 55.8 Å². The van der Waals surface area contributed by atoms with Crippen molar-refractivity contribution in [3.63, 3.8) is 0 Å². The van der Waals surface area contributed by atoms with Crippen LogP contribution in [0.3, 0.4) is 0 Å². The van der Waals surface area contributed by atoms with E-state index in [1.165, 1.54) is 4.90 Å². The second-order valence-corrected chi connectivity index (χ2v) is 9.93. The van der Waals surface area contributed by atoms with Crippen molar-refractivity contribution in [3.8, 4) is 0 Å². The quantitative estimate of drug-likeness (QED) is 0.205. The largest absolute Gasteiger partial charge is 0.481 e. The molecule has 3 rings (SSSR count). The molecule has 0 aliphatic carbocycles. The van der Waals surface area contributed by atoms with Crippen molar-refractivity contribution in [2.45, 2.75) is 38.6 Å². The van der Waals surface area contributed by atoms with Crippen molar-refractivity contribution >= 4 is 40.3 Å². The number of amides is 2. The van der Waals surface area contributed by atoms with E-state index in [-0.39, 0.29) is 37.0 Å². The maximum absolute atomic E-state index is 13.6. The molecule has 1 heterocycles. The second-order valence-electron chi connectivity index (χ2n) is 9.93. The number of carbonyl (C=O) groups excluding carboxylic acids is 2. The third kappa shape index (κ3) is 6.54. The standard InChI is InChI=1S/C28H37N7O4/c1-6-33(3)27(39)28(2,17-34(4)24(36)13-14-25(37)38)19-9-12-22-21(15-19)32-23(35(22)5)16-31-20-10-7-18(8-11-20)26(29)30/h7-12,15,31H,6,13-14,16-17H2,1-5H3,(H3,29,30)(H,37,38). The molecule has 0 saturated heterocycles. The van der Waals surface area contributed by atoms with Crippen LogP contribution in [0.15, 0.2) is 42.5 Å². The minimum absolute atomic E-state index is 0.0131. The van der Waals surface area contributed by atoms with Crippen molar-refractivity contribution in [2.24, 2.45) is 12.8 Å². The molecule has 1 atom stereocenters. The Labute approximate surface area is 228 Å². The van der Waals surface area contributed by atoms with Gasteiger partial charge >= 0.3 is 5.97 Å². The fourth-order valence-electron chi connectivity index (χ4n) is 4.51. The van der Waals surface area contributed by atoms with Crippen molar-refractivity contribution in [1.82, 2.24) is 19.4 Å². The van der Waals surface area contributed by atoms with Gasteiger partial charge in [-0.2, -0.15) is 0 Å². The molecule has 0 radical (unpaired) electrons. The summed E-state index contributed by atoms with van der Waals surface area (Å²) in [6.45, 7) is 4.74. The summed E-state index contributed by atoms with van der Waals surface area (Å²) in [7, 11) is 5.24. The fraction of sp³-hybridized carbons (Fsp3) is 0.393. The number of fused-ring (bicyclic) bond motifs is 1. The van der Waals surface area contributed by atoms with Crippen molar-refractivity contribution in [3.05, 3.63) is 59.4 Å². The maximum Gasteiger partial charge on any atom is 0.303 e. The van der Waals surface area contributed by atoms with E-state index in [4.69, 9.17) is 21.2 Å². The van der Waals surface area contributed by atoms with Crippen LogP contribution in [0.5, 0.6) is 0 Å². The number of rotatable bonds is 12. The van der Waals surface area contributed by atoms with Gasteiger partial charge in [0.2, 0.25) is 11.8 Å². The van der Waals surface area contributed by atoms with E-state index >= 15 is 0 Å². The minimum Gasteiger partial charge on any atom is -0.481 e. The monoisotopic (exact) mass is 535 g/mol. The fourth-order valence-corrected chi connectivity index (χ4v) is 4.51. The van der Waals surface area contributed by atoms with Crippen LogP contribution in [0, 0.1) is 5.41 Å². The number of nitrogen functional groups attached to an aromatic ring is 1. The molecule has 11 nitrogen and oxygen atoms in total. The van der Waals surface area contributed by atoms with Crippen molar-refractivity contribution in [1.29, 1.82) is 5.41 Å². The average Bonchev–Trinajstić information content (AvgIpc) is 3.24. The minimum atomic E-state index is -1.07. The molecular weight excluding hydrogens is 498 g/mol. The Morgan fingerprint density at radius 2 is 1.77 bits per heavy atom. The lowest BCUT2D eigenvalue weighted by Crippen LogP contribution is -2.50. The van der Waals surface area contributed by atoms with Gasteiger partial charge in [-0.3, -0.25) is 19.8 Å². The number of amidine groups is 1. The molecule has 2 amide bonds. The number of carbonyl (C=O) groups is 3. The normalized spacial score (nSPS) is 12.5. The number of aliphatic carboxylic acids is 1. The molecule has 0 fully saturated rings. The number of benzene rings is 2. The summed E-state index contributed by atoms with van der Waals surface area (Å²) < 4.78 is 1.98. The number of anilines is 1. The lowest BCUT2D eigenvalue weighted by atomic mass is 9.80. The van der Waals surface area contributed by atoms with Gasteiger partial charge in [-0.25, -0.2) is 4.98 Å². The van der Waals surface area contributed by atoms with E-state index < -0.39 is 11.4 Å². The van der Waals surface area contributed by atoms with Gasteiger partial charge in [-0.15, -0.1) is 0 Å². The molecule has 5 N–H and O–H groups in total. The summed E-state index contributed by atoms with van der Waals surface area (Å²) >= 11 is 0. The number of aromatic nitrogens is 2. The molecule has 11 heteroatoms. The molecule has 3 aromatic rings. The predicted molar refractivity (Wildman–Crippen MR) is 151 cm³/mol. The molecule has 0 spiro atoms. The highest BCUT2D eigenvalue weighted by Crippen LogP contribution is 2.30.